The number of fused-ring (bicyclic) bond motifs is 1. The molecule has 0 radical (unpaired) electrons. The van der Waals surface area contributed by atoms with Crippen molar-refractivity contribution < 1.29 is 26.3 Å². The van der Waals surface area contributed by atoms with Crippen molar-refractivity contribution in [3.63, 3.8) is 0 Å². The maximum absolute atomic E-state index is 14.2. The predicted octanol–water partition coefficient (Wildman–Crippen LogP) is 6.42. The average molecular weight is 392 g/mol. The number of unbranched alkanes of at least 4 members (excludes halogenated alkanes) is 1. The molecule has 28 heavy (non-hydrogen) atoms. The van der Waals surface area contributed by atoms with E-state index in [1.807, 2.05) is 6.92 Å². The first-order chi connectivity index (χ1) is 13.3. The summed E-state index contributed by atoms with van der Waals surface area (Å²) in [5, 5.41) is -0.0936. The Labute approximate surface area is 157 Å². The molecule has 0 saturated heterocycles. The Bertz CT molecular complexity index is 1120. The lowest BCUT2D eigenvalue weighted by atomic mass is 10.0. The SMILES string of the molecule is CCCCc1c(F)cc(C#Cc2ccc3c(F)c(F)c(F)cc3c2)c(F)c1F. The number of hydrogen-bond donors (Lipinski definition) is 0. The van der Waals surface area contributed by atoms with E-state index in [1.54, 1.807) is 0 Å². The lowest BCUT2D eigenvalue weighted by Crippen LogP contribution is -2.02. The quantitative estimate of drug-likeness (QED) is 0.209. The topological polar surface area (TPSA) is 0 Å². The fourth-order valence-corrected chi connectivity index (χ4v) is 2.83. The van der Waals surface area contributed by atoms with E-state index < -0.39 is 40.5 Å². The normalized spacial score (nSPS) is 10.8. The molecule has 0 nitrogen and oxygen atoms in total. The molecule has 0 aliphatic rings. The van der Waals surface area contributed by atoms with E-state index in [0.717, 1.165) is 12.1 Å². The molecule has 0 unspecified atom stereocenters. The second-order valence-corrected chi connectivity index (χ2v) is 6.29. The third kappa shape index (κ3) is 3.70. The van der Waals surface area contributed by atoms with Gasteiger partial charge in [0.1, 0.15) is 5.82 Å². The van der Waals surface area contributed by atoms with Gasteiger partial charge in [0.25, 0.3) is 0 Å². The Morgan fingerprint density at radius 3 is 2.21 bits per heavy atom. The summed E-state index contributed by atoms with van der Waals surface area (Å²) in [6, 6.07) is 5.42. The van der Waals surface area contributed by atoms with Gasteiger partial charge in [0.2, 0.25) is 0 Å². The van der Waals surface area contributed by atoms with Crippen molar-refractivity contribution >= 4 is 10.8 Å². The van der Waals surface area contributed by atoms with Crippen LogP contribution in [0.5, 0.6) is 0 Å². The van der Waals surface area contributed by atoms with Crippen LogP contribution >= 0.6 is 0 Å². The van der Waals surface area contributed by atoms with Crippen molar-refractivity contribution in [3.05, 3.63) is 81.9 Å². The summed E-state index contributed by atoms with van der Waals surface area (Å²) in [5.41, 5.74) is -0.566. The second kappa shape index (κ2) is 7.97. The number of hydrogen-bond acceptors (Lipinski definition) is 0. The molecule has 0 N–H and O–H groups in total. The molecule has 0 atom stereocenters. The summed E-state index contributed by atoms with van der Waals surface area (Å²) in [7, 11) is 0. The second-order valence-electron chi connectivity index (χ2n) is 6.29. The number of rotatable bonds is 3. The fourth-order valence-electron chi connectivity index (χ4n) is 2.83. The Morgan fingerprint density at radius 1 is 0.750 bits per heavy atom. The molecule has 6 heteroatoms. The van der Waals surface area contributed by atoms with Crippen LogP contribution in [-0.4, -0.2) is 0 Å². The van der Waals surface area contributed by atoms with Crippen LogP contribution in [0.25, 0.3) is 10.8 Å². The highest BCUT2D eigenvalue weighted by Crippen LogP contribution is 2.24. The number of halogens is 6. The van der Waals surface area contributed by atoms with Gasteiger partial charge in [0.15, 0.2) is 29.1 Å². The highest BCUT2D eigenvalue weighted by atomic mass is 19.2. The van der Waals surface area contributed by atoms with Gasteiger partial charge in [-0.3, -0.25) is 0 Å². The Kier molecular flexibility index (Phi) is 5.64. The van der Waals surface area contributed by atoms with Crippen LogP contribution in [0.3, 0.4) is 0 Å². The zero-order valence-corrected chi connectivity index (χ0v) is 14.8. The molecule has 0 aromatic heterocycles. The van der Waals surface area contributed by atoms with E-state index in [-0.39, 0.29) is 28.3 Å². The van der Waals surface area contributed by atoms with Gasteiger partial charge in [0.05, 0.1) is 5.56 Å². The van der Waals surface area contributed by atoms with Gasteiger partial charge in [0, 0.05) is 16.5 Å². The molecule has 0 amide bonds. The van der Waals surface area contributed by atoms with E-state index in [1.165, 1.54) is 18.2 Å². The molecule has 0 aliphatic carbocycles. The minimum absolute atomic E-state index is 0.0518. The largest absolute Gasteiger partial charge is 0.207 e. The number of benzene rings is 3. The van der Waals surface area contributed by atoms with Crippen LogP contribution in [0.4, 0.5) is 26.3 Å². The molecule has 0 aliphatic heterocycles. The average Bonchev–Trinajstić information content (AvgIpc) is 2.67. The summed E-state index contributed by atoms with van der Waals surface area (Å²) < 4.78 is 82.7. The van der Waals surface area contributed by atoms with Gasteiger partial charge in [-0.15, -0.1) is 0 Å². The molecule has 0 heterocycles. The first-order valence-corrected chi connectivity index (χ1v) is 8.59. The lowest BCUT2D eigenvalue weighted by molar-refractivity contribution is 0.453. The first kappa shape index (κ1) is 19.8. The standard InChI is InChI=1S/C22H14F6/c1-2-3-4-16-17(23)10-13(19(25)21(16)27)7-5-12-6-8-15-14(9-12)11-18(24)22(28)20(15)26/h6,8-11H,2-4H2,1H3. The van der Waals surface area contributed by atoms with Gasteiger partial charge in [-0.05, 0) is 42.5 Å². The maximum Gasteiger partial charge on any atom is 0.195 e. The fraction of sp³-hybridized carbons (Fsp3) is 0.182. The van der Waals surface area contributed by atoms with Gasteiger partial charge < -0.3 is 0 Å². The molecule has 0 bridgehead atoms. The van der Waals surface area contributed by atoms with Crippen LogP contribution in [0.1, 0.15) is 36.5 Å². The van der Waals surface area contributed by atoms with E-state index >= 15 is 0 Å². The molecular weight excluding hydrogens is 378 g/mol. The maximum atomic E-state index is 14.2. The highest BCUT2D eigenvalue weighted by molar-refractivity contribution is 5.84. The van der Waals surface area contributed by atoms with E-state index in [2.05, 4.69) is 11.8 Å². The lowest BCUT2D eigenvalue weighted by Gasteiger charge is -2.06. The first-order valence-electron chi connectivity index (χ1n) is 8.59. The van der Waals surface area contributed by atoms with Crippen molar-refractivity contribution in [1.82, 2.24) is 0 Å². The van der Waals surface area contributed by atoms with Crippen molar-refractivity contribution in [3.8, 4) is 11.8 Å². The van der Waals surface area contributed by atoms with Gasteiger partial charge in [-0.2, -0.15) is 0 Å². The monoisotopic (exact) mass is 392 g/mol. The predicted molar refractivity (Wildman–Crippen MR) is 94.7 cm³/mol. The molecule has 3 aromatic carbocycles. The molecule has 3 rings (SSSR count). The molecular formula is C22H14F6. The van der Waals surface area contributed by atoms with Crippen LogP contribution in [-0.2, 0) is 6.42 Å². The Morgan fingerprint density at radius 2 is 1.50 bits per heavy atom. The van der Waals surface area contributed by atoms with Crippen molar-refractivity contribution in [2.75, 3.05) is 0 Å². The summed E-state index contributed by atoms with van der Waals surface area (Å²) >= 11 is 0. The minimum Gasteiger partial charge on any atom is -0.207 e. The summed E-state index contributed by atoms with van der Waals surface area (Å²) in [4.78, 5) is 0. The smallest absolute Gasteiger partial charge is 0.195 e. The van der Waals surface area contributed by atoms with E-state index in [9.17, 15) is 26.3 Å². The molecule has 144 valence electrons. The van der Waals surface area contributed by atoms with E-state index in [4.69, 9.17) is 0 Å². The summed E-state index contributed by atoms with van der Waals surface area (Å²) in [6.07, 6.45) is 1.30. The summed E-state index contributed by atoms with van der Waals surface area (Å²) in [5.74, 6) is -2.82. The molecule has 0 spiro atoms. The van der Waals surface area contributed by atoms with Crippen molar-refractivity contribution in [1.29, 1.82) is 0 Å². The Hall–Kier alpha value is -2.94. The minimum atomic E-state index is -1.58. The molecule has 0 saturated carbocycles. The van der Waals surface area contributed by atoms with Crippen molar-refractivity contribution in [2.24, 2.45) is 0 Å². The van der Waals surface area contributed by atoms with Crippen LogP contribution in [0.2, 0.25) is 0 Å². The van der Waals surface area contributed by atoms with Crippen LogP contribution in [0, 0.1) is 46.7 Å². The molecule has 0 fully saturated rings. The summed E-state index contributed by atoms with van der Waals surface area (Å²) in [6.45, 7) is 1.85. The third-order valence-electron chi connectivity index (χ3n) is 4.35. The van der Waals surface area contributed by atoms with Gasteiger partial charge in [-0.1, -0.05) is 31.3 Å². The van der Waals surface area contributed by atoms with Crippen LogP contribution < -0.4 is 0 Å². The highest BCUT2D eigenvalue weighted by Gasteiger charge is 2.17. The third-order valence-corrected chi connectivity index (χ3v) is 4.35. The van der Waals surface area contributed by atoms with Crippen molar-refractivity contribution in [2.45, 2.75) is 26.2 Å². The van der Waals surface area contributed by atoms with E-state index in [0.29, 0.717) is 12.8 Å². The zero-order valence-electron chi connectivity index (χ0n) is 14.8. The molecule has 3 aromatic rings. The van der Waals surface area contributed by atoms with Gasteiger partial charge in [-0.25, -0.2) is 26.3 Å². The van der Waals surface area contributed by atoms with Gasteiger partial charge >= 0.3 is 0 Å². The zero-order chi connectivity index (χ0) is 20.4. The van der Waals surface area contributed by atoms with Crippen LogP contribution in [0.15, 0.2) is 30.3 Å². The Balaban J connectivity index is 2.01.